The lowest BCUT2D eigenvalue weighted by atomic mass is 9.95. The van der Waals surface area contributed by atoms with Gasteiger partial charge in [-0.1, -0.05) is 91.0 Å². The highest BCUT2D eigenvalue weighted by Gasteiger charge is 2.15. The highest BCUT2D eigenvalue weighted by Crippen LogP contribution is 2.42. The van der Waals surface area contributed by atoms with Crippen molar-refractivity contribution in [3.8, 4) is 33.6 Å². The van der Waals surface area contributed by atoms with Gasteiger partial charge in [-0.15, -0.1) is 11.3 Å². The average molecular weight is 464 g/mol. The van der Waals surface area contributed by atoms with Gasteiger partial charge >= 0.3 is 0 Å². The molecule has 0 saturated heterocycles. The van der Waals surface area contributed by atoms with Crippen molar-refractivity contribution < 1.29 is 0 Å². The van der Waals surface area contributed by atoms with Crippen LogP contribution < -0.4 is 0 Å². The summed E-state index contributed by atoms with van der Waals surface area (Å²) in [5, 5.41) is 5.09. The van der Waals surface area contributed by atoms with Crippen LogP contribution in [-0.2, 0) is 0 Å². The first kappa shape index (κ1) is 20.1. The zero-order valence-electron chi connectivity index (χ0n) is 19.0. The van der Waals surface area contributed by atoms with Crippen LogP contribution in [0, 0.1) is 0 Å². The zero-order chi connectivity index (χ0) is 23.2. The summed E-state index contributed by atoms with van der Waals surface area (Å²) in [5.41, 5.74) is 6.75. The summed E-state index contributed by atoms with van der Waals surface area (Å²) in [6.45, 7) is 0. The molecule has 0 aliphatic heterocycles. The van der Waals surface area contributed by atoms with Gasteiger partial charge in [-0.05, 0) is 58.3 Å². The minimum atomic E-state index is 0.992. The van der Waals surface area contributed by atoms with E-state index in [2.05, 4.69) is 121 Å². The van der Waals surface area contributed by atoms with Gasteiger partial charge in [-0.2, -0.15) is 0 Å². The van der Waals surface area contributed by atoms with Gasteiger partial charge in [0.1, 0.15) is 0 Å². The molecule has 0 aliphatic carbocycles. The SMILES string of the molecule is c1ccc(-c2cccc(-c3cc(-c4ccc5ccccc5c4)cc4sc5ccccc5c34)n2)cc1. The van der Waals surface area contributed by atoms with Crippen molar-refractivity contribution in [3.05, 3.63) is 127 Å². The summed E-state index contributed by atoms with van der Waals surface area (Å²) in [6, 6.07) is 45.4. The third-order valence-electron chi connectivity index (χ3n) is 6.66. The van der Waals surface area contributed by atoms with Gasteiger partial charge in [-0.3, -0.25) is 0 Å². The summed E-state index contributed by atoms with van der Waals surface area (Å²) < 4.78 is 2.59. The molecule has 0 radical (unpaired) electrons. The van der Waals surface area contributed by atoms with E-state index in [0.29, 0.717) is 0 Å². The van der Waals surface area contributed by atoms with Gasteiger partial charge in [0.25, 0.3) is 0 Å². The number of benzene rings is 5. The average Bonchev–Trinajstić information content (AvgIpc) is 3.31. The minimum absolute atomic E-state index is 0.992. The molecule has 0 saturated carbocycles. The van der Waals surface area contributed by atoms with Crippen molar-refractivity contribution >= 4 is 42.3 Å². The van der Waals surface area contributed by atoms with Gasteiger partial charge in [-0.25, -0.2) is 4.98 Å². The summed E-state index contributed by atoms with van der Waals surface area (Å²) in [6.07, 6.45) is 0. The first-order valence-corrected chi connectivity index (χ1v) is 12.6. The van der Waals surface area contributed by atoms with E-state index >= 15 is 0 Å². The third-order valence-corrected chi connectivity index (χ3v) is 7.77. The molecule has 2 heterocycles. The van der Waals surface area contributed by atoms with E-state index in [1.807, 2.05) is 17.4 Å². The first-order chi connectivity index (χ1) is 17.3. The molecule has 7 aromatic rings. The van der Waals surface area contributed by atoms with Gasteiger partial charge in [0, 0.05) is 31.3 Å². The van der Waals surface area contributed by atoms with Crippen LogP contribution in [0.2, 0.25) is 0 Å². The molecule has 164 valence electrons. The van der Waals surface area contributed by atoms with Gasteiger partial charge in [0.05, 0.1) is 11.4 Å². The van der Waals surface area contributed by atoms with Crippen LogP contribution in [0.4, 0.5) is 0 Å². The molecule has 0 spiro atoms. The van der Waals surface area contributed by atoms with Crippen molar-refractivity contribution in [2.24, 2.45) is 0 Å². The van der Waals surface area contributed by atoms with Crippen LogP contribution in [0.1, 0.15) is 0 Å². The Hall–Kier alpha value is -4.27. The van der Waals surface area contributed by atoms with Gasteiger partial charge in [0.2, 0.25) is 0 Å². The van der Waals surface area contributed by atoms with Crippen LogP contribution in [0.15, 0.2) is 127 Å². The molecule has 5 aromatic carbocycles. The quantitative estimate of drug-likeness (QED) is 0.254. The Morgan fingerprint density at radius 2 is 1.23 bits per heavy atom. The maximum Gasteiger partial charge on any atom is 0.0716 e. The molecule has 2 heteroatoms. The highest BCUT2D eigenvalue weighted by atomic mass is 32.1. The van der Waals surface area contributed by atoms with E-state index in [0.717, 1.165) is 17.0 Å². The number of rotatable bonds is 3. The predicted molar refractivity (Wildman–Crippen MR) is 151 cm³/mol. The number of fused-ring (bicyclic) bond motifs is 4. The Morgan fingerprint density at radius 1 is 0.457 bits per heavy atom. The van der Waals surface area contributed by atoms with Crippen molar-refractivity contribution in [1.29, 1.82) is 0 Å². The Kier molecular flexibility index (Phi) is 4.71. The lowest BCUT2D eigenvalue weighted by molar-refractivity contribution is 1.33. The molecule has 0 N–H and O–H groups in total. The number of aromatic nitrogens is 1. The van der Waals surface area contributed by atoms with E-state index in [4.69, 9.17) is 4.98 Å². The number of hydrogen-bond donors (Lipinski definition) is 0. The van der Waals surface area contributed by atoms with E-state index in [1.165, 1.54) is 47.6 Å². The summed E-state index contributed by atoms with van der Waals surface area (Å²) in [5.74, 6) is 0. The molecule has 0 fully saturated rings. The summed E-state index contributed by atoms with van der Waals surface area (Å²) in [7, 11) is 0. The molecule has 2 aromatic heterocycles. The Labute approximate surface area is 208 Å². The fraction of sp³-hybridized carbons (Fsp3) is 0. The minimum Gasteiger partial charge on any atom is -0.248 e. The first-order valence-electron chi connectivity index (χ1n) is 11.8. The third kappa shape index (κ3) is 3.51. The number of thiophene rings is 1. The predicted octanol–water partition coefficient (Wildman–Crippen LogP) is 9.60. The lowest BCUT2D eigenvalue weighted by Gasteiger charge is -2.11. The Bertz CT molecular complexity index is 1850. The van der Waals surface area contributed by atoms with Crippen molar-refractivity contribution in [2.45, 2.75) is 0 Å². The molecule has 0 atom stereocenters. The maximum absolute atomic E-state index is 5.14. The fourth-order valence-corrected chi connectivity index (χ4v) is 6.12. The maximum atomic E-state index is 5.14. The van der Waals surface area contributed by atoms with Gasteiger partial charge < -0.3 is 0 Å². The molecule has 35 heavy (non-hydrogen) atoms. The van der Waals surface area contributed by atoms with Crippen LogP contribution in [0.5, 0.6) is 0 Å². The largest absolute Gasteiger partial charge is 0.248 e. The van der Waals surface area contributed by atoms with E-state index in [-0.39, 0.29) is 0 Å². The fourth-order valence-electron chi connectivity index (χ4n) is 4.95. The van der Waals surface area contributed by atoms with Crippen molar-refractivity contribution in [1.82, 2.24) is 4.98 Å². The van der Waals surface area contributed by atoms with Crippen molar-refractivity contribution in [3.63, 3.8) is 0 Å². The number of pyridine rings is 1. The number of hydrogen-bond acceptors (Lipinski definition) is 2. The van der Waals surface area contributed by atoms with Crippen LogP contribution in [-0.4, -0.2) is 4.98 Å². The van der Waals surface area contributed by atoms with Crippen LogP contribution >= 0.6 is 11.3 Å². The molecular weight excluding hydrogens is 442 g/mol. The molecular formula is C33H21NS. The molecule has 0 aliphatic rings. The summed E-state index contributed by atoms with van der Waals surface area (Å²) in [4.78, 5) is 5.14. The Balaban J connectivity index is 1.50. The topological polar surface area (TPSA) is 12.9 Å². The van der Waals surface area contributed by atoms with E-state index < -0.39 is 0 Å². The van der Waals surface area contributed by atoms with E-state index in [1.54, 1.807) is 0 Å². The standard InChI is InChI=1S/C33H21NS/c1-2-10-23(11-3-1)29-14-8-15-30(34-29)28-20-26(25-18-17-22-9-4-5-12-24(22)19-25)21-32-33(28)27-13-6-7-16-31(27)35-32/h1-21H. The normalized spacial score (nSPS) is 11.4. The molecule has 0 unspecified atom stereocenters. The molecule has 7 rings (SSSR count). The Morgan fingerprint density at radius 3 is 2.14 bits per heavy atom. The highest BCUT2D eigenvalue weighted by molar-refractivity contribution is 7.26. The zero-order valence-corrected chi connectivity index (χ0v) is 19.8. The second kappa shape index (κ2) is 8.19. The second-order valence-electron chi connectivity index (χ2n) is 8.83. The second-order valence-corrected chi connectivity index (χ2v) is 9.91. The van der Waals surface area contributed by atoms with Crippen LogP contribution in [0.3, 0.4) is 0 Å². The molecule has 0 bridgehead atoms. The monoisotopic (exact) mass is 463 g/mol. The molecule has 0 amide bonds. The lowest BCUT2D eigenvalue weighted by Crippen LogP contribution is -1.90. The van der Waals surface area contributed by atoms with Gasteiger partial charge in [0.15, 0.2) is 0 Å². The van der Waals surface area contributed by atoms with E-state index in [9.17, 15) is 0 Å². The van der Waals surface area contributed by atoms with Crippen LogP contribution in [0.25, 0.3) is 64.6 Å². The number of nitrogens with zero attached hydrogens (tertiary/aromatic N) is 1. The summed E-state index contributed by atoms with van der Waals surface area (Å²) >= 11 is 1.86. The van der Waals surface area contributed by atoms with Crippen molar-refractivity contribution in [2.75, 3.05) is 0 Å². The smallest absolute Gasteiger partial charge is 0.0716 e. The molecule has 1 nitrogen and oxygen atoms in total.